The minimum atomic E-state index is -0.941. The molecule has 0 aliphatic carbocycles. The van der Waals surface area contributed by atoms with Gasteiger partial charge in [-0.1, -0.05) is 24.3 Å². The van der Waals surface area contributed by atoms with E-state index in [0.717, 1.165) is 16.0 Å². The fourth-order valence-corrected chi connectivity index (χ4v) is 3.63. The Morgan fingerprint density at radius 1 is 1.12 bits per heavy atom. The highest BCUT2D eigenvalue weighted by molar-refractivity contribution is 7.25. The highest BCUT2D eigenvalue weighted by atomic mass is 32.1. The van der Waals surface area contributed by atoms with Crippen molar-refractivity contribution in [3.63, 3.8) is 0 Å². The van der Waals surface area contributed by atoms with E-state index in [-0.39, 0.29) is 11.1 Å². The lowest BCUT2D eigenvalue weighted by Crippen LogP contribution is -2.14. The lowest BCUT2D eigenvalue weighted by Gasteiger charge is -2.18. The zero-order chi connectivity index (χ0) is 18.7. The summed E-state index contributed by atoms with van der Waals surface area (Å²) in [5.41, 5.74) is 9.64. The number of anilines is 2. The van der Waals surface area contributed by atoms with Gasteiger partial charge in [0.2, 0.25) is 0 Å². The van der Waals surface area contributed by atoms with E-state index in [1.165, 1.54) is 0 Å². The van der Waals surface area contributed by atoms with E-state index in [4.69, 9.17) is 5.73 Å². The standard InChI is InChI=1S/C20H21N2O2PS/c1-20(2,25-24)15-8-5-13(6-9-15)19(23)22-17-12-14(7-10-16(17)21)18-4-3-11-26-18/h3-12H,21,25H2,1-2H3,(H,22,23). The number of benzene rings is 2. The van der Waals surface area contributed by atoms with Crippen LogP contribution in [0.5, 0.6) is 0 Å². The van der Waals surface area contributed by atoms with Gasteiger partial charge in [-0.25, -0.2) is 0 Å². The third-order valence-electron chi connectivity index (χ3n) is 4.29. The first-order valence-corrected chi connectivity index (χ1v) is 10.2. The normalized spacial score (nSPS) is 11.8. The van der Waals surface area contributed by atoms with E-state index in [0.29, 0.717) is 16.9 Å². The molecule has 0 aliphatic rings. The van der Waals surface area contributed by atoms with E-state index in [9.17, 15) is 9.36 Å². The molecule has 3 N–H and O–H groups in total. The Bertz CT molecular complexity index is 935. The van der Waals surface area contributed by atoms with E-state index >= 15 is 0 Å². The molecule has 1 unspecified atom stereocenters. The highest BCUT2D eigenvalue weighted by Crippen LogP contribution is 2.34. The minimum absolute atomic E-state index is 0.223. The van der Waals surface area contributed by atoms with Gasteiger partial charge in [-0.2, -0.15) is 0 Å². The quantitative estimate of drug-likeness (QED) is 0.467. The topological polar surface area (TPSA) is 72.2 Å². The summed E-state index contributed by atoms with van der Waals surface area (Å²) in [5, 5.41) is 4.53. The van der Waals surface area contributed by atoms with Crippen LogP contribution in [0.15, 0.2) is 60.0 Å². The molecule has 2 aromatic carbocycles. The van der Waals surface area contributed by atoms with Crippen molar-refractivity contribution in [1.82, 2.24) is 0 Å². The third kappa shape index (κ3) is 3.90. The lowest BCUT2D eigenvalue weighted by molar-refractivity contribution is 0.102. The number of thiophene rings is 1. The van der Waals surface area contributed by atoms with Crippen molar-refractivity contribution < 1.29 is 9.36 Å². The maximum absolute atomic E-state index is 12.6. The van der Waals surface area contributed by atoms with Gasteiger partial charge in [0.25, 0.3) is 5.91 Å². The Labute approximate surface area is 158 Å². The SMILES string of the molecule is CC(C)([PH2]=O)c1ccc(C(=O)Nc2cc(-c3cccs3)ccc2N)cc1. The van der Waals surface area contributed by atoms with Crippen LogP contribution >= 0.6 is 19.8 Å². The molecule has 0 bridgehead atoms. The first-order chi connectivity index (χ1) is 12.4. The smallest absolute Gasteiger partial charge is 0.255 e. The van der Waals surface area contributed by atoms with E-state index < -0.39 is 8.46 Å². The molecular weight excluding hydrogens is 363 g/mol. The van der Waals surface area contributed by atoms with E-state index in [2.05, 4.69) is 5.32 Å². The predicted octanol–water partition coefficient (Wildman–Crippen LogP) is 5.24. The fourth-order valence-electron chi connectivity index (χ4n) is 2.57. The molecule has 26 heavy (non-hydrogen) atoms. The van der Waals surface area contributed by atoms with Gasteiger partial charge in [0.1, 0.15) is 0 Å². The van der Waals surface area contributed by atoms with Crippen LogP contribution in [0.25, 0.3) is 10.4 Å². The highest BCUT2D eigenvalue weighted by Gasteiger charge is 2.19. The van der Waals surface area contributed by atoms with Crippen LogP contribution < -0.4 is 11.1 Å². The molecule has 0 radical (unpaired) electrons. The van der Waals surface area contributed by atoms with Crippen molar-refractivity contribution in [1.29, 1.82) is 0 Å². The summed E-state index contributed by atoms with van der Waals surface area (Å²) < 4.78 is 11.4. The van der Waals surface area contributed by atoms with E-state index in [1.807, 2.05) is 55.6 Å². The number of amides is 1. The summed E-state index contributed by atoms with van der Waals surface area (Å²) in [7, 11) is -0.941. The number of hydrogen-bond acceptors (Lipinski definition) is 4. The third-order valence-corrected chi connectivity index (χ3v) is 6.13. The summed E-state index contributed by atoms with van der Waals surface area (Å²) in [5.74, 6) is -0.223. The second-order valence-electron chi connectivity index (χ2n) is 6.65. The largest absolute Gasteiger partial charge is 0.397 e. The van der Waals surface area contributed by atoms with Crippen LogP contribution in [-0.2, 0) is 9.72 Å². The molecule has 0 saturated carbocycles. The first-order valence-electron chi connectivity index (χ1n) is 8.22. The summed E-state index contributed by atoms with van der Waals surface area (Å²) in [6.45, 7) is 3.86. The molecular formula is C20H21N2O2PS. The van der Waals surface area contributed by atoms with Gasteiger partial charge in [-0.3, -0.25) is 4.79 Å². The molecule has 1 heterocycles. The number of carbonyl (C=O) groups excluding carboxylic acids is 1. The molecule has 0 spiro atoms. The Hall–Kier alpha value is -2.36. The molecule has 6 heteroatoms. The average molecular weight is 384 g/mol. The molecule has 4 nitrogen and oxygen atoms in total. The van der Waals surface area contributed by atoms with Crippen LogP contribution in [0.2, 0.25) is 0 Å². The second-order valence-corrected chi connectivity index (χ2v) is 9.28. The van der Waals surface area contributed by atoms with Crippen molar-refractivity contribution in [2.45, 2.75) is 19.0 Å². The van der Waals surface area contributed by atoms with Gasteiger partial charge in [-0.15, -0.1) is 11.3 Å². The van der Waals surface area contributed by atoms with E-state index in [1.54, 1.807) is 29.5 Å². The Morgan fingerprint density at radius 2 is 1.85 bits per heavy atom. The number of nitrogens with two attached hydrogens (primary N) is 1. The van der Waals surface area contributed by atoms with Crippen LogP contribution in [0.1, 0.15) is 29.8 Å². The van der Waals surface area contributed by atoms with Crippen molar-refractivity contribution in [3.05, 3.63) is 71.1 Å². The Balaban J connectivity index is 1.82. The molecule has 0 aliphatic heterocycles. The van der Waals surface area contributed by atoms with Crippen LogP contribution in [0.3, 0.4) is 0 Å². The summed E-state index contributed by atoms with van der Waals surface area (Å²) in [6, 6.07) is 16.9. The average Bonchev–Trinajstić information content (AvgIpc) is 3.18. The Kier molecular flexibility index (Phi) is 5.30. The van der Waals surface area contributed by atoms with Gasteiger partial charge in [-0.05, 0) is 60.7 Å². The molecule has 1 atom stereocenters. The van der Waals surface area contributed by atoms with Crippen molar-refractivity contribution in [2.24, 2.45) is 0 Å². The summed E-state index contributed by atoms with van der Waals surface area (Å²) in [4.78, 5) is 13.7. The summed E-state index contributed by atoms with van der Waals surface area (Å²) in [6.07, 6.45) is 0. The molecule has 1 aromatic heterocycles. The van der Waals surface area contributed by atoms with Crippen LogP contribution in [-0.4, -0.2) is 5.91 Å². The second kappa shape index (κ2) is 7.48. The monoisotopic (exact) mass is 384 g/mol. The number of hydrogen-bond donors (Lipinski definition) is 2. The van der Waals surface area contributed by atoms with Crippen molar-refractivity contribution in [2.75, 3.05) is 11.1 Å². The molecule has 134 valence electrons. The number of carbonyl (C=O) groups is 1. The first kappa shape index (κ1) is 18.4. The van der Waals surface area contributed by atoms with Crippen LogP contribution in [0, 0.1) is 0 Å². The number of nitrogen functional groups attached to an aromatic ring is 1. The zero-order valence-corrected chi connectivity index (χ0v) is 16.6. The maximum Gasteiger partial charge on any atom is 0.255 e. The molecule has 3 aromatic rings. The zero-order valence-electron chi connectivity index (χ0n) is 14.7. The van der Waals surface area contributed by atoms with Crippen molar-refractivity contribution in [3.8, 4) is 10.4 Å². The Morgan fingerprint density at radius 3 is 2.46 bits per heavy atom. The molecule has 0 fully saturated rings. The van der Waals surface area contributed by atoms with Gasteiger partial charge in [0.05, 0.1) is 19.8 Å². The maximum atomic E-state index is 12.6. The predicted molar refractivity (Wildman–Crippen MR) is 112 cm³/mol. The fraction of sp³-hybridized carbons (Fsp3) is 0.150. The summed E-state index contributed by atoms with van der Waals surface area (Å²) >= 11 is 1.63. The molecule has 1 amide bonds. The van der Waals surface area contributed by atoms with Gasteiger partial charge in [0.15, 0.2) is 0 Å². The van der Waals surface area contributed by atoms with Crippen molar-refractivity contribution >= 4 is 37.1 Å². The number of rotatable bonds is 5. The molecule has 3 rings (SSSR count). The van der Waals surface area contributed by atoms with Gasteiger partial charge in [0, 0.05) is 15.6 Å². The van der Waals surface area contributed by atoms with Gasteiger partial charge < -0.3 is 15.6 Å². The molecule has 0 saturated heterocycles. The van der Waals surface area contributed by atoms with Crippen LogP contribution in [0.4, 0.5) is 11.4 Å². The lowest BCUT2D eigenvalue weighted by atomic mass is 10.0. The minimum Gasteiger partial charge on any atom is -0.397 e. The number of nitrogens with one attached hydrogen (secondary N) is 1. The van der Waals surface area contributed by atoms with Gasteiger partial charge >= 0.3 is 0 Å².